The molecular weight excluding hydrogens is 328 g/mol. The first-order valence-electron chi connectivity index (χ1n) is 10.1. The summed E-state index contributed by atoms with van der Waals surface area (Å²) in [6.45, 7) is 2.31. The molecule has 4 unspecified atom stereocenters. The van der Waals surface area contributed by atoms with Gasteiger partial charge in [-0.2, -0.15) is 0 Å². The lowest BCUT2D eigenvalue weighted by Gasteiger charge is -2.43. The normalized spacial score (nSPS) is 27.3. The molecule has 0 amide bonds. The van der Waals surface area contributed by atoms with Gasteiger partial charge in [0.05, 0.1) is 0 Å². The molecule has 1 N–H and O–H groups in total. The quantitative estimate of drug-likeness (QED) is 0.698. The zero-order chi connectivity index (χ0) is 19.0. The van der Waals surface area contributed by atoms with Crippen LogP contribution in [0.3, 0.4) is 0 Å². The summed E-state index contributed by atoms with van der Waals surface area (Å²) in [5.41, 5.74) is 6.84. The van der Waals surface area contributed by atoms with Crippen molar-refractivity contribution in [3.8, 4) is 0 Å². The molecule has 2 nitrogen and oxygen atoms in total. The first kappa shape index (κ1) is 18.2. The highest BCUT2D eigenvalue weighted by Gasteiger charge is 2.40. The van der Waals surface area contributed by atoms with E-state index in [-0.39, 0.29) is 0 Å². The molecule has 0 saturated heterocycles. The summed E-state index contributed by atoms with van der Waals surface area (Å²) < 4.78 is 0. The summed E-state index contributed by atoms with van der Waals surface area (Å²) in [6, 6.07) is 18.1. The van der Waals surface area contributed by atoms with Crippen molar-refractivity contribution in [3.05, 3.63) is 76.4 Å². The fourth-order valence-electron chi connectivity index (χ4n) is 5.45. The molecule has 4 rings (SSSR count). The molecule has 0 aromatic heterocycles. The van der Waals surface area contributed by atoms with Crippen LogP contribution < -0.4 is 0 Å². The topological polar surface area (TPSA) is 27.1 Å². The van der Waals surface area contributed by atoms with Gasteiger partial charge in [-0.15, -0.1) is 0 Å². The Balaban J connectivity index is 1.77. The predicted octanol–water partition coefficient (Wildman–Crippen LogP) is 5.70. The molecular formula is C25H30N2. The van der Waals surface area contributed by atoms with Crippen molar-refractivity contribution in [2.24, 2.45) is 5.92 Å². The van der Waals surface area contributed by atoms with Gasteiger partial charge in [-0.1, -0.05) is 60.2 Å². The highest BCUT2D eigenvalue weighted by molar-refractivity contribution is 5.79. The Bertz CT molecular complexity index is 864. The first-order chi connectivity index (χ1) is 13.1. The molecule has 2 heteroatoms. The highest BCUT2D eigenvalue weighted by atomic mass is 15.1. The van der Waals surface area contributed by atoms with Crippen molar-refractivity contribution in [1.82, 2.24) is 4.90 Å². The van der Waals surface area contributed by atoms with Gasteiger partial charge in [-0.05, 0) is 74.4 Å². The SMILES string of the molecule is CC1=Cc2ccccc2C1C1CCC(N(C)C)CC1c1ccccc1C=N. The van der Waals surface area contributed by atoms with E-state index >= 15 is 0 Å². The number of fused-ring (bicyclic) bond motifs is 1. The van der Waals surface area contributed by atoms with Gasteiger partial charge in [-0.25, -0.2) is 0 Å². The predicted molar refractivity (Wildman–Crippen MR) is 115 cm³/mol. The Kier molecular flexibility index (Phi) is 5.01. The van der Waals surface area contributed by atoms with Crippen molar-refractivity contribution < 1.29 is 0 Å². The van der Waals surface area contributed by atoms with Crippen LogP contribution in [-0.2, 0) is 0 Å². The second kappa shape index (κ2) is 7.44. The van der Waals surface area contributed by atoms with E-state index in [0.717, 1.165) is 5.56 Å². The van der Waals surface area contributed by atoms with Gasteiger partial charge < -0.3 is 10.3 Å². The summed E-state index contributed by atoms with van der Waals surface area (Å²) in [5, 5.41) is 7.92. The molecule has 1 fully saturated rings. The van der Waals surface area contributed by atoms with Gasteiger partial charge in [0, 0.05) is 18.2 Å². The van der Waals surface area contributed by atoms with Crippen molar-refractivity contribution in [2.75, 3.05) is 14.1 Å². The van der Waals surface area contributed by atoms with Crippen LogP contribution in [0.2, 0.25) is 0 Å². The van der Waals surface area contributed by atoms with Crippen LogP contribution >= 0.6 is 0 Å². The maximum absolute atomic E-state index is 7.92. The van der Waals surface area contributed by atoms with Crippen LogP contribution in [0.4, 0.5) is 0 Å². The number of hydrogen-bond acceptors (Lipinski definition) is 2. The molecule has 140 valence electrons. The fraction of sp³-hybridized carbons (Fsp3) is 0.400. The maximum Gasteiger partial charge on any atom is 0.0253 e. The number of nitrogens with one attached hydrogen (secondary N) is 1. The monoisotopic (exact) mass is 358 g/mol. The molecule has 0 heterocycles. The standard InChI is InChI=1S/C25H30N2/c1-17-14-18-8-4-7-11-22(18)25(17)23-13-12-20(27(2)3)15-24(23)21-10-6-5-9-19(21)16-26/h4-11,14,16,20,23-26H,12-13,15H2,1-3H3. The van der Waals surface area contributed by atoms with Crippen LogP contribution in [0, 0.1) is 11.3 Å². The van der Waals surface area contributed by atoms with Crippen molar-refractivity contribution in [1.29, 1.82) is 5.41 Å². The molecule has 0 aliphatic heterocycles. The number of benzene rings is 2. The van der Waals surface area contributed by atoms with Gasteiger partial charge in [0.15, 0.2) is 0 Å². The third kappa shape index (κ3) is 3.27. The average molecular weight is 359 g/mol. The number of hydrogen-bond donors (Lipinski definition) is 1. The second-order valence-electron chi connectivity index (χ2n) is 8.47. The zero-order valence-corrected chi connectivity index (χ0v) is 16.7. The molecule has 2 aromatic rings. The van der Waals surface area contributed by atoms with Gasteiger partial charge in [0.1, 0.15) is 0 Å². The molecule has 2 aliphatic carbocycles. The Hall–Kier alpha value is -2.19. The van der Waals surface area contributed by atoms with Gasteiger partial charge in [-0.3, -0.25) is 0 Å². The molecule has 2 aliphatic rings. The van der Waals surface area contributed by atoms with E-state index in [1.807, 2.05) is 0 Å². The van der Waals surface area contributed by atoms with E-state index in [2.05, 4.69) is 80.5 Å². The summed E-state index contributed by atoms with van der Waals surface area (Å²) in [5.74, 6) is 1.60. The Morgan fingerprint density at radius 2 is 1.67 bits per heavy atom. The van der Waals surface area contributed by atoms with Crippen molar-refractivity contribution in [2.45, 2.75) is 44.1 Å². The van der Waals surface area contributed by atoms with E-state index in [4.69, 9.17) is 5.41 Å². The van der Waals surface area contributed by atoms with E-state index in [0.29, 0.717) is 23.8 Å². The van der Waals surface area contributed by atoms with Crippen molar-refractivity contribution in [3.63, 3.8) is 0 Å². The minimum absolute atomic E-state index is 0.489. The first-order valence-corrected chi connectivity index (χ1v) is 10.1. The molecule has 0 radical (unpaired) electrons. The Labute approximate surface area is 163 Å². The van der Waals surface area contributed by atoms with Gasteiger partial charge >= 0.3 is 0 Å². The largest absolute Gasteiger partial charge is 0.308 e. The lowest BCUT2D eigenvalue weighted by molar-refractivity contribution is 0.162. The second-order valence-corrected chi connectivity index (χ2v) is 8.47. The highest BCUT2D eigenvalue weighted by Crippen LogP contribution is 2.52. The van der Waals surface area contributed by atoms with Gasteiger partial charge in [0.2, 0.25) is 0 Å². The third-order valence-corrected chi connectivity index (χ3v) is 6.79. The number of rotatable bonds is 4. The zero-order valence-electron chi connectivity index (χ0n) is 16.7. The van der Waals surface area contributed by atoms with E-state index in [9.17, 15) is 0 Å². The van der Waals surface area contributed by atoms with Crippen LogP contribution in [-0.4, -0.2) is 31.3 Å². The maximum atomic E-state index is 7.92. The number of nitrogens with zero attached hydrogens (tertiary/aromatic N) is 1. The Morgan fingerprint density at radius 1 is 0.963 bits per heavy atom. The molecule has 4 atom stereocenters. The molecule has 0 spiro atoms. The molecule has 0 bridgehead atoms. The molecule has 1 saturated carbocycles. The third-order valence-electron chi connectivity index (χ3n) is 6.79. The summed E-state index contributed by atoms with van der Waals surface area (Å²) in [6.07, 6.45) is 7.60. The molecule has 2 aromatic carbocycles. The summed E-state index contributed by atoms with van der Waals surface area (Å²) in [4.78, 5) is 2.39. The van der Waals surface area contributed by atoms with Crippen LogP contribution in [0.5, 0.6) is 0 Å². The average Bonchev–Trinajstić information content (AvgIpc) is 3.03. The number of allylic oxidation sites excluding steroid dienone is 1. The summed E-state index contributed by atoms with van der Waals surface area (Å²) >= 11 is 0. The lowest BCUT2D eigenvalue weighted by Crippen LogP contribution is -2.38. The van der Waals surface area contributed by atoms with Gasteiger partial charge in [0.25, 0.3) is 0 Å². The van der Waals surface area contributed by atoms with Crippen molar-refractivity contribution >= 4 is 12.3 Å². The van der Waals surface area contributed by atoms with E-state index < -0.39 is 0 Å². The fourth-order valence-corrected chi connectivity index (χ4v) is 5.45. The molecule has 27 heavy (non-hydrogen) atoms. The van der Waals surface area contributed by atoms with Crippen LogP contribution in [0.25, 0.3) is 6.08 Å². The summed E-state index contributed by atoms with van der Waals surface area (Å²) in [7, 11) is 4.42. The minimum Gasteiger partial charge on any atom is -0.308 e. The lowest BCUT2D eigenvalue weighted by atomic mass is 9.65. The van der Waals surface area contributed by atoms with E-state index in [1.165, 1.54) is 47.7 Å². The van der Waals surface area contributed by atoms with Crippen LogP contribution in [0.1, 0.15) is 60.3 Å². The van der Waals surface area contributed by atoms with E-state index in [1.54, 1.807) is 0 Å². The smallest absolute Gasteiger partial charge is 0.0253 e. The minimum atomic E-state index is 0.489. The Morgan fingerprint density at radius 3 is 2.41 bits per heavy atom. The van der Waals surface area contributed by atoms with Crippen LogP contribution in [0.15, 0.2) is 54.1 Å².